The topological polar surface area (TPSA) is 123 Å². The average Bonchev–Trinajstić information content (AvgIpc) is 3.64. The van der Waals surface area contributed by atoms with E-state index in [2.05, 4.69) is 20.9 Å². The highest BCUT2D eigenvalue weighted by Crippen LogP contribution is 2.54. The average molecular weight is 554 g/mol. The molecule has 7 rings (SSSR count). The maximum atomic E-state index is 14.2. The third-order valence-corrected chi connectivity index (χ3v) is 8.47. The van der Waals surface area contributed by atoms with Crippen LogP contribution in [-0.2, 0) is 31.1 Å². The fourth-order valence-corrected chi connectivity index (χ4v) is 6.81. The number of nitrogens with one attached hydrogen (secondary N) is 4. The zero-order valence-electron chi connectivity index (χ0n) is 21.3. The van der Waals surface area contributed by atoms with Gasteiger partial charge in [0, 0.05) is 52.0 Å². The molecule has 0 unspecified atom stereocenters. The summed E-state index contributed by atoms with van der Waals surface area (Å²) < 4.78 is 0. The molecule has 3 aliphatic rings. The molecule has 9 nitrogen and oxygen atoms in total. The third kappa shape index (κ3) is 3.44. The van der Waals surface area contributed by atoms with E-state index in [0.717, 1.165) is 16.5 Å². The first-order valence-electron chi connectivity index (χ1n) is 13.0. The van der Waals surface area contributed by atoms with Crippen LogP contribution in [-0.4, -0.2) is 34.7 Å². The van der Waals surface area contributed by atoms with E-state index >= 15 is 0 Å². The van der Waals surface area contributed by atoms with Gasteiger partial charge in [0.05, 0.1) is 17.5 Å². The molecule has 4 aromatic rings. The summed E-state index contributed by atoms with van der Waals surface area (Å²) >= 11 is 6.37. The Hall–Kier alpha value is -4.47. The van der Waals surface area contributed by atoms with Gasteiger partial charge in [0.1, 0.15) is 5.54 Å². The van der Waals surface area contributed by atoms with Crippen LogP contribution in [0, 0.1) is 11.8 Å². The van der Waals surface area contributed by atoms with Crippen molar-refractivity contribution in [1.82, 2.24) is 10.3 Å². The van der Waals surface area contributed by atoms with Crippen LogP contribution in [0.1, 0.15) is 18.1 Å². The Kier molecular flexibility index (Phi) is 5.39. The number of halogens is 1. The molecule has 40 heavy (non-hydrogen) atoms. The first kappa shape index (κ1) is 24.6. The summed E-state index contributed by atoms with van der Waals surface area (Å²) in [4.78, 5) is 58.0. The third-order valence-electron chi connectivity index (χ3n) is 8.24. The number of nitrogens with zero attached hydrogens (tertiary/aromatic N) is 1. The number of hydrogen-bond donors (Lipinski definition) is 4. The fraction of sp³-hybridized carbons (Fsp3) is 0.200. The van der Waals surface area contributed by atoms with Crippen molar-refractivity contribution in [2.45, 2.75) is 24.9 Å². The van der Waals surface area contributed by atoms with Gasteiger partial charge in [0.25, 0.3) is 0 Å². The number of carbonyl (C=O) groups is 4. The summed E-state index contributed by atoms with van der Waals surface area (Å²) in [5.41, 5.74) is 2.53. The lowest BCUT2D eigenvalue weighted by Crippen LogP contribution is -2.53. The second kappa shape index (κ2) is 8.77. The molecule has 2 fully saturated rings. The van der Waals surface area contributed by atoms with E-state index in [0.29, 0.717) is 34.1 Å². The summed E-state index contributed by atoms with van der Waals surface area (Å²) in [7, 11) is 0. The maximum absolute atomic E-state index is 14.2. The quantitative estimate of drug-likeness (QED) is 0.285. The minimum absolute atomic E-state index is 0.228. The number of imide groups is 1. The van der Waals surface area contributed by atoms with Crippen molar-refractivity contribution in [2.75, 3.05) is 15.5 Å². The molecule has 3 aromatic carbocycles. The second-order valence-electron chi connectivity index (χ2n) is 10.5. The molecule has 4 heterocycles. The number of anilines is 3. The molecule has 1 spiro atoms. The molecule has 4 atom stereocenters. The minimum Gasteiger partial charge on any atom is -0.361 e. The number of H-pyrrole nitrogens is 1. The highest BCUT2D eigenvalue weighted by molar-refractivity contribution is 6.31. The Bertz CT molecular complexity index is 1750. The second-order valence-corrected chi connectivity index (χ2v) is 10.9. The minimum atomic E-state index is -1.46. The van der Waals surface area contributed by atoms with E-state index < -0.39 is 29.3 Å². The predicted molar refractivity (Wildman–Crippen MR) is 151 cm³/mol. The van der Waals surface area contributed by atoms with Gasteiger partial charge >= 0.3 is 0 Å². The number of aromatic amines is 1. The number of rotatable bonds is 4. The van der Waals surface area contributed by atoms with Gasteiger partial charge in [-0.1, -0.05) is 29.8 Å². The largest absolute Gasteiger partial charge is 0.361 e. The molecule has 10 heteroatoms. The molecule has 200 valence electrons. The predicted octanol–water partition coefficient (Wildman–Crippen LogP) is 3.95. The molecule has 0 aliphatic carbocycles. The Morgan fingerprint density at radius 3 is 2.58 bits per heavy atom. The Labute approximate surface area is 233 Å². The van der Waals surface area contributed by atoms with Gasteiger partial charge in [0.2, 0.25) is 23.6 Å². The van der Waals surface area contributed by atoms with Crippen LogP contribution in [0.25, 0.3) is 10.9 Å². The van der Waals surface area contributed by atoms with Gasteiger partial charge in [-0.3, -0.25) is 24.5 Å². The summed E-state index contributed by atoms with van der Waals surface area (Å²) in [5.74, 6) is -3.23. The van der Waals surface area contributed by atoms with Crippen molar-refractivity contribution in [2.24, 2.45) is 11.8 Å². The normalized spacial score (nSPS) is 25.0. The number of benzene rings is 3. The number of carbonyl (C=O) groups excluding carboxylic acids is 4. The molecule has 0 bridgehead atoms. The van der Waals surface area contributed by atoms with Crippen LogP contribution >= 0.6 is 11.6 Å². The first-order valence-corrected chi connectivity index (χ1v) is 13.4. The maximum Gasteiger partial charge on any atom is 0.250 e. The number of fused-ring (bicyclic) bond motifs is 5. The Morgan fingerprint density at radius 2 is 1.80 bits per heavy atom. The van der Waals surface area contributed by atoms with Gasteiger partial charge in [-0.25, -0.2) is 4.90 Å². The smallest absolute Gasteiger partial charge is 0.250 e. The zero-order valence-corrected chi connectivity index (χ0v) is 22.1. The molecule has 0 saturated carbocycles. The van der Waals surface area contributed by atoms with Crippen LogP contribution in [0.3, 0.4) is 0 Å². The standard InChI is InChI=1S/C30H24ClN5O4/c1-15(37)33-18-7-9-19(10-8-18)36-27(38)25-24(12-16-14-32-22-5-3-2-4-20(16)22)35-30(26(25)28(36)39)21-13-17(31)6-11-23(21)34-29(30)40/h2-11,13-14,24-26,32,35H,12H2,1H3,(H,33,37)(H,34,40)/t24-,25+,26+,30-/m1/s1. The lowest BCUT2D eigenvalue weighted by molar-refractivity contribution is -0.130. The van der Waals surface area contributed by atoms with E-state index in [-0.39, 0.29) is 17.7 Å². The lowest BCUT2D eigenvalue weighted by atomic mass is 9.76. The summed E-state index contributed by atoms with van der Waals surface area (Å²) in [5, 5.41) is 10.5. The van der Waals surface area contributed by atoms with Crippen LogP contribution in [0.2, 0.25) is 5.02 Å². The van der Waals surface area contributed by atoms with Crippen molar-refractivity contribution in [3.63, 3.8) is 0 Å². The zero-order chi connectivity index (χ0) is 27.8. The van der Waals surface area contributed by atoms with Crippen molar-refractivity contribution < 1.29 is 19.2 Å². The van der Waals surface area contributed by atoms with E-state index in [4.69, 9.17) is 11.6 Å². The van der Waals surface area contributed by atoms with Crippen molar-refractivity contribution >= 4 is 63.2 Å². The summed E-state index contributed by atoms with van der Waals surface area (Å²) in [6.07, 6.45) is 2.33. The Morgan fingerprint density at radius 1 is 1.02 bits per heavy atom. The molecule has 1 aromatic heterocycles. The van der Waals surface area contributed by atoms with Crippen LogP contribution < -0.4 is 20.9 Å². The summed E-state index contributed by atoms with van der Waals surface area (Å²) in [6, 6.07) is 19.0. The number of para-hydroxylation sites is 1. The molecule has 4 N–H and O–H groups in total. The molecular weight excluding hydrogens is 530 g/mol. The fourth-order valence-electron chi connectivity index (χ4n) is 6.64. The molecule has 2 saturated heterocycles. The van der Waals surface area contributed by atoms with E-state index in [1.54, 1.807) is 42.5 Å². The SMILES string of the molecule is CC(=O)Nc1ccc(N2C(=O)[C@@H]3[C@@H](C2=O)[C@@]2(N[C@@H]3Cc3c[nH]c4ccccc34)C(=O)Nc3ccc(Cl)cc32)cc1. The molecule has 4 amide bonds. The van der Waals surface area contributed by atoms with Crippen LogP contribution in [0.4, 0.5) is 17.1 Å². The van der Waals surface area contributed by atoms with Gasteiger partial charge in [-0.05, 0) is 60.5 Å². The first-order chi connectivity index (χ1) is 19.3. The Balaban J connectivity index is 1.34. The highest BCUT2D eigenvalue weighted by atomic mass is 35.5. The van der Waals surface area contributed by atoms with Gasteiger partial charge in [-0.2, -0.15) is 0 Å². The van der Waals surface area contributed by atoms with E-state index in [1.807, 2.05) is 30.5 Å². The van der Waals surface area contributed by atoms with Crippen molar-refractivity contribution in [3.05, 3.63) is 89.1 Å². The molecular formula is C30H24ClN5O4. The van der Waals surface area contributed by atoms with Gasteiger partial charge < -0.3 is 15.6 Å². The van der Waals surface area contributed by atoms with Crippen molar-refractivity contribution in [1.29, 1.82) is 0 Å². The van der Waals surface area contributed by atoms with Crippen LogP contribution in [0.5, 0.6) is 0 Å². The van der Waals surface area contributed by atoms with E-state index in [1.165, 1.54) is 11.8 Å². The van der Waals surface area contributed by atoms with E-state index in [9.17, 15) is 19.2 Å². The molecule has 3 aliphatic heterocycles. The summed E-state index contributed by atoms with van der Waals surface area (Å²) in [6.45, 7) is 1.40. The lowest BCUT2D eigenvalue weighted by Gasteiger charge is -2.29. The molecule has 0 radical (unpaired) electrons. The number of aromatic nitrogens is 1. The number of hydrogen-bond acceptors (Lipinski definition) is 5. The van der Waals surface area contributed by atoms with Gasteiger partial charge in [0.15, 0.2) is 0 Å². The van der Waals surface area contributed by atoms with Crippen molar-refractivity contribution in [3.8, 4) is 0 Å². The highest BCUT2D eigenvalue weighted by Gasteiger charge is 2.70. The van der Waals surface area contributed by atoms with Crippen LogP contribution in [0.15, 0.2) is 72.9 Å². The number of amides is 4. The van der Waals surface area contributed by atoms with Gasteiger partial charge in [-0.15, -0.1) is 0 Å². The monoisotopic (exact) mass is 553 g/mol.